The van der Waals surface area contributed by atoms with Crippen molar-refractivity contribution in [3.63, 3.8) is 0 Å². The number of carboxylic acids is 1. The molecule has 27 heteroatoms. The third-order valence-electron chi connectivity index (χ3n) is 5.83. The van der Waals surface area contributed by atoms with E-state index in [-0.39, 0.29) is 70.7 Å². The molecule has 4 aromatic rings. The van der Waals surface area contributed by atoms with Crippen LogP contribution >= 0.6 is 45.2 Å². The first kappa shape index (κ1) is 46.1. The summed E-state index contributed by atoms with van der Waals surface area (Å²) in [6.45, 7) is 3.06. The molecule has 284 valence electrons. The second kappa shape index (κ2) is 20.0. The molecule has 0 unspecified atom stereocenters. The molecule has 2 aromatic carbocycles. The van der Waals surface area contributed by atoms with Crippen molar-refractivity contribution >= 4 is 131 Å². The number of hydrogen-bond donors (Lipinski definition) is 5. The predicted molar refractivity (Wildman–Crippen MR) is 205 cm³/mol. The van der Waals surface area contributed by atoms with Crippen LogP contribution in [-0.4, -0.2) is 127 Å². The molecule has 0 saturated heterocycles. The van der Waals surface area contributed by atoms with E-state index < -0.39 is 59.4 Å². The molecule has 2 aromatic heterocycles. The van der Waals surface area contributed by atoms with Crippen LogP contribution in [0.25, 0.3) is 0 Å². The summed E-state index contributed by atoms with van der Waals surface area (Å²) in [6, 6.07) is 5.35. The van der Waals surface area contributed by atoms with E-state index in [0.717, 1.165) is 19.2 Å². The van der Waals surface area contributed by atoms with E-state index in [2.05, 4.69) is 45.3 Å². The van der Waals surface area contributed by atoms with Crippen LogP contribution in [0.1, 0.15) is 32.4 Å². The Morgan fingerprint density at radius 2 is 1.04 bits per heavy atom. The fraction of sp³-hybridized carbons (Fsp3) is 0.185. The minimum absolute atomic E-state index is 0. The molecule has 54 heavy (non-hydrogen) atoms. The van der Waals surface area contributed by atoms with Gasteiger partial charge in [0.05, 0.1) is 32.5 Å². The van der Waals surface area contributed by atoms with E-state index in [1.807, 2.05) is 45.2 Å². The van der Waals surface area contributed by atoms with E-state index in [1.165, 1.54) is 45.4 Å². The van der Waals surface area contributed by atoms with Crippen LogP contribution in [0, 0.1) is 21.0 Å². The SMILES string of the molecule is COC(=O)c1ccc(I)cc1S(=O)(=O)NC(=O)Nc1nc(C)nc(OC)n1.COc1nc(C)nc(NC(=O)NS(=O)(=O)c2cc(I)ccc2C(=O)O)n1.[NaH]. The Morgan fingerprint density at radius 3 is 1.41 bits per heavy atom. The van der Waals surface area contributed by atoms with Gasteiger partial charge in [-0.05, 0) is 95.4 Å². The fourth-order valence-corrected chi connectivity index (χ4v) is 7.37. The number of benzene rings is 2. The van der Waals surface area contributed by atoms with Crippen LogP contribution in [-0.2, 0) is 24.8 Å². The van der Waals surface area contributed by atoms with Gasteiger partial charge in [0.15, 0.2) is 0 Å². The van der Waals surface area contributed by atoms with Crippen molar-refractivity contribution in [3.05, 3.63) is 66.3 Å². The van der Waals surface area contributed by atoms with Crippen molar-refractivity contribution in [1.82, 2.24) is 39.3 Å². The first-order chi connectivity index (χ1) is 24.8. The number of nitrogens with zero attached hydrogens (tertiary/aromatic N) is 6. The van der Waals surface area contributed by atoms with Gasteiger partial charge in [0.1, 0.15) is 21.4 Å². The fourth-order valence-electron chi connectivity index (χ4n) is 3.71. The number of sulfonamides is 2. The number of nitrogens with one attached hydrogen (secondary N) is 4. The molecule has 4 rings (SSSR count). The van der Waals surface area contributed by atoms with Gasteiger partial charge in [0, 0.05) is 7.14 Å². The van der Waals surface area contributed by atoms with E-state index in [4.69, 9.17) is 14.6 Å². The zero-order chi connectivity index (χ0) is 39.7. The number of carbonyl (C=O) groups is 4. The molecule has 0 atom stereocenters. The van der Waals surface area contributed by atoms with Gasteiger partial charge < -0.3 is 19.3 Å². The molecule has 0 radical (unpaired) electrons. The second-order valence-corrected chi connectivity index (χ2v) is 15.4. The minimum atomic E-state index is -4.45. The quantitative estimate of drug-likeness (QED) is 0.0853. The number of hydrogen-bond acceptors (Lipinski definition) is 17. The van der Waals surface area contributed by atoms with E-state index in [1.54, 1.807) is 16.4 Å². The van der Waals surface area contributed by atoms with Crippen LogP contribution < -0.4 is 29.6 Å². The molecule has 0 aliphatic heterocycles. The van der Waals surface area contributed by atoms with E-state index >= 15 is 0 Å². The molecular formula is C27H27I2N10NaO12S2. The van der Waals surface area contributed by atoms with Gasteiger partial charge in [-0.3, -0.25) is 10.6 Å². The van der Waals surface area contributed by atoms with Gasteiger partial charge in [0.25, 0.3) is 20.0 Å². The third-order valence-corrected chi connectivity index (χ3v) is 9.91. The molecule has 0 spiro atoms. The molecule has 0 saturated carbocycles. The number of aromatic nitrogens is 6. The number of carboxylic acid groups (broad SMARTS) is 1. The molecule has 0 aliphatic carbocycles. The molecule has 22 nitrogen and oxygen atoms in total. The number of amides is 4. The summed E-state index contributed by atoms with van der Waals surface area (Å²) in [5, 5.41) is 13.4. The molecule has 5 N–H and O–H groups in total. The van der Waals surface area contributed by atoms with Crippen molar-refractivity contribution in [2.75, 3.05) is 32.0 Å². The number of esters is 1. The van der Waals surface area contributed by atoms with Gasteiger partial charge in [-0.1, -0.05) is 0 Å². The molecule has 0 bridgehead atoms. The molecule has 2 heterocycles. The van der Waals surface area contributed by atoms with Gasteiger partial charge in [-0.2, -0.15) is 29.9 Å². The number of rotatable bonds is 10. The maximum absolute atomic E-state index is 12.6. The standard InChI is InChI=1S/C14H14IN5O6S.C13H12IN5O6S.Na.H/c1-7-16-12(19-14(17-7)26-3)18-13(22)20-27(23,24)10-6-8(15)4-5-9(10)11(21)25-2;1-6-15-11(18-13(16-6)25-2)17-12(22)19-26(23,24)9-5-7(14)3-4-8(9)10(20)21;;/h4-6H,1-3H3,(H2,16,17,18,19,20,22);3-5H,1-2H3,(H,20,21)(H2,15,16,17,18,19,22);;. The number of methoxy groups -OCH3 is 3. The Bertz CT molecular complexity index is 2310. The maximum atomic E-state index is 12.6. The number of anilines is 2. The van der Waals surface area contributed by atoms with Crippen molar-refractivity contribution in [3.8, 4) is 12.0 Å². The summed E-state index contributed by atoms with van der Waals surface area (Å²) >= 11 is 3.70. The zero-order valence-corrected chi connectivity index (χ0v) is 33.6. The summed E-state index contributed by atoms with van der Waals surface area (Å²) in [4.78, 5) is 69.0. The van der Waals surface area contributed by atoms with Gasteiger partial charge in [-0.15, -0.1) is 0 Å². The summed E-state index contributed by atoms with van der Waals surface area (Å²) in [7, 11) is -5.08. The van der Waals surface area contributed by atoms with Crippen LogP contribution in [0.5, 0.6) is 12.0 Å². The Morgan fingerprint density at radius 1 is 0.648 bits per heavy atom. The Labute approximate surface area is 356 Å². The van der Waals surface area contributed by atoms with Gasteiger partial charge >= 0.3 is 65.6 Å². The van der Waals surface area contributed by atoms with E-state index in [9.17, 15) is 36.0 Å². The molecular weight excluding hydrogens is 997 g/mol. The van der Waals surface area contributed by atoms with Crippen LogP contribution in [0.2, 0.25) is 0 Å². The Kier molecular flexibility index (Phi) is 17.1. The van der Waals surface area contributed by atoms with Crippen LogP contribution in [0.4, 0.5) is 21.5 Å². The van der Waals surface area contributed by atoms with Crippen molar-refractivity contribution in [1.29, 1.82) is 0 Å². The monoisotopic (exact) mass is 1020 g/mol. The summed E-state index contributed by atoms with van der Waals surface area (Å²) in [6.07, 6.45) is 0. The average Bonchev–Trinajstić information content (AvgIpc) is 3.06. The van der Waals surface area contributed by atoms with Crippen molar-refractivity contribution < 1.29 is 55.3 Å². The predicted octanol–water partition coefficient (Wildman–Crippen LogP) is 1.44. The zero-order valence-electron chi connectivity index (χ0n) is 27.7. The number of carbonyl (C=O) groups excluding carboxylic acids is 3. The number of aryl methyl sites for hydroxylation is 2. The molecule has 0 fully saturated rings. The third kappa shape index (κ3) is 13.0. The Balaban J connectivity index is 0.000000367. The van der Waals surface area contributed by atoms with Gasteiger partial charge in [-0.25, -0.2) is 45.5 Å². The first-order valence-corrected chi connectivity index (χ1v) is 19.0. The average molecular weight is 1020 g/mol. The second-order valence-electron chi connectivity index (χ2n) is 9.58. The van der Waals surface area contributed by atoms with Crippen LogP contribution in [0.15, 0.2) is 46.2 Å². The number of ether oxygens (including phenoxy) is 3. The van der Waals surface area contributed by atoms with Gasteiger partial charge in [0.2, 0.25) is 11.9 Å². The first-order valence-electron chi connectivity index (χ1n) is 13.9. The normalized spacial score (nSPS) is 10.6. The topological polar surface area (TPSA) is 310 Å². The number of halogens is 2. The van der Waals surface area contributed by atoms with Crippen molar-refractivity contribution in [2.24, 2.45) is 0 Å². The summed E-state index contributed by atoms with van der Waals surface area (Å²) in [5.74, 6) is -2.25. The number of aromatic carboxylic acids is 1. The molecule has 4 amide bonds. The molecule has 0 aliphatic rings. The Hall–Kier alpha value is -4.10. The van der Waals surface area contributed by atoms with E-state index in [0.29, 0.717) is 7.14 Å². The number of urea groups is 2. The summed E-state index contributed by atoms with van der Waals surface area (Å²) < 4.78 is 68.7. The van der Waals surface area contributed by atoms with Crippen molar-refractivity contribution in [2.45, 2.75) is 23.6 Å². The van der Waals surface area contributed by atoms with Crippen LogP contribution in [0.3, 0.4) is 0 Å². The summed E-state index contributed by atoms with van der Waals surface area (Å²) in [5.41, 5.74) is -0.681.